The van der Waals surface area contributed by atoms with Crippen molar-refractivity contribution >= 4 is 0 Å². The molecule has 0 spiro atoms. The van der Waals surface area contributed by atoms with Crippen LogP contribution in [0.25, 0.3) is 0 Å². The first-order valence-electron chi connectivity index (χ1n) is 8.14. The maximum absolute atomic E-state index is 6.19. The summed E-state index contributed by atoms with van der Waals surface area (Å²) in [6.45, 7) is 21.0. The third-order valence-electron chi connectivity index (χ3n) is 3.40. The Kier molecular flexibility index (Phi) is 5.21. The number of hydrogen-bond acceptors (Lipinski definition) is 2. The van der Waals surface area contributed by atoms with Gasteiger partial charge in [-0.1, -0.05) is 24.3 Å². The minimum absolute atomic E-state index is 0.170. The zero-order valence-corrected chi connectivity index (χ0v) is 16.1. The summed E-state index contributed by atoms with van der Waals surface area (Å²) in [6, 6.07) is 8.59. The smallest absolute Gasteiger partial charge is 0.0882 e. The van der Waals surface area contributed by atoms with E-state index in [4.69, 9.17) is 9.47 Å². The van der Waals surface area contributed by atoms with Crippen molar-refractivity contribution in [1.29, 1.82) is 0 Å². The number of benzene rings is 1. The molecule has 0 fully saturated rings. The van der Waals surface area contributed by atoms with E-state index in [0.29, 0.717) is 0 Å². The van der Waals surface area contributed by atoms with Crippen molar-refractivity contribution in [1.82, 2.24) is 0 Å². The highest BCUT2D eigenvalue weighted by Crippen LogP contribution is 2.34. The van der Waals surface area contributed by atoms with Gasteiger partial charge < -0.3 is 9.47 Å². The Morgan fingerprint density at radius 2 is 0.727 bits per heavy atom. The summed E-state index contributed by atoms with van der Waals surface area (Å²) < 4.78 is 12.4. The van der Waals surface area contributed by atoms with Gasteiger partial charge in [-0.05, 0) is 80.4 Å². The molecule has 2 nitrogen and oxygen atoms in total. The molecule has 0 N–H and O–H groups in total. The summed E-state index contributed by atoms with van der Waals surface area (Å²) >= 11 is 0. The molecule has 2 heteroatoms. The first-order chi connectivity index (χ1) is 9.62. The van der Waals surface area contributed by atoms with Crippen molar-refractivity contribution in [2.75, 3.05) is 0 Å². The third kappa shape index (κ3) is 5.73. The second kappa shape index (κ2) is 5.98. The molecule has 1 rings (SSSR count). The van der Waals surface area contributed by atoms with Crippen LogP contribution in [0.5, 0.6) is 0 Å². The van der Waals surface area contributed by atoms with Gasteiger partial charge in [-0.25, -0.2) is 0 Å². The fourth-order valence-electron chi connectivity index (χ4n) is 2.92. The minimum atomic E-state index is -0.314. The van der Waals surface area contributed by atoms with Gasteiger partial charge in [-0.2, -0.15) is 0 Å². The Morgan fingerprint density at radius 3 is 0.909 bits per heavy atom. The normalized spacial score (nSPS) is 14.3. The third-order valence-corrected chi connectivity index (χ3v) is 3.40. The molecule has 0 aliphatic carbocycles. The van der Waals surface area contributed by atoms with E-state index in [1.165, 1.54) is 11.1 Å². The highest BCUT2D eigenvalue weighted by atomic mass is 16.5. The quantitative estimate of drug-likeness (QED) is 0.701. The lowest BCUT2D eigenvalue weighted by molar-refractivity contribution is -0.119. The van der Waals surface area contributed by atoms with Crippen LogP contribution in [-0.2, 0) is 20.7 Å². The van der Waals surface area contributed by atoms with Crippen LogP contribution in [0, 0.1) is 0 Å². The van der Waals surface area contributed by atoms with Crippen LogP contribution in [0.15, 0.2) is 24.3 Å². The molecule has 0 aliphatic rings. The van der Waals surface area contributed by atoms with E-state index in [9.17, 15) is 0 Å². The van der Waals surface area contributed by atoms with Crippen molar-refractivity contribution in [2.24, 2.45) is 0 Å². The molecule has 0 saturated carbocycles. The van der Waals surface area contributed by atoms with Gasteiger partial charge in [0.15, 0.2) is 0 Å². The van der Waals surface area contributed by atoms with Crippen LogP contribution >= 0.6 is 0 Å². The van der Waals surface area contributed by atoms with E-state index in [2.05, 4.69) is 93.5 Å². The molecular weight excluding hydrogens is 272 g/mol. The summed E-state index contributed by atoms with van der Waals surface area (Å²) in [7, 11) is 0. The Balaban J connectivity index is 3.00. The van der Waals surface area contributed by atoms with Crippen molar-refractivity contribution in [3.63, 3.8) is 0 Å². The van der Waals surface area contributed by atoms with Gasteiger partial charge in [0.05, 0.1) is 22.4 Å². The van der Waals surface area contributed by atoms with E-state index < -0.39 is 0 Å². The molecule has 0 aromatic heterocycles. The predicted molar refractivity (Wildman–Crippen MR) is 94.2 cm³/mol. The average molecular weight is 306 g/mol. The maximum Gasteiger partial charge on any atom is 0.0882 e. The average Bonchev–Trinajstić information content (AvgIpc) is 2.22. The van der Waals surface area contributed by atoms with Gasteiger partial charge in [0.2, 0.25) is 0 Å². The molecule has 1 aromatic rings. The van der Waals surface area contributed by atoms with Gasteiger partial charge in [0.1, 0.15) is 0 Å². The summed E-state index contributed by atoms with van der Waals surface area (Å²) in [5.74, 6) is 0. The predicted octanol–water partition coefficient (Wildman–Crippen LogP) is 5.79. The van der Waals surface area contributed by atoms with Crippen molar-refractivity contribution in [3.05, 3.63) is 35.4 Å². The highest BCUT2D eigenvalue weighted by Gasteiger charge is 2.30. The number of hydrogen-bond donors (Lipinski definition) is 0. The van der Waals surface area contributed by atoms with Crippen LogP contribution in [0.1, 0.15) is 80.4 Å². The number of ether oxygens (including phenoxy) is 2. The molecule has 0 amide bonds. The second-order valence-electron chi connectivity index (χ2n) is 9.03. The first kappa shape index (κ1) is 19.2. The molecule has 0 saturated heterocycles. The molecule has 0 unspecified atom stereocenters. The Morgan fingerprint density at radius 1 is 0.500 bits per heavy atom. The molecule has 0 atom stereocenters. The lowest BCUT2D eigenvalue weighted by Gasteiger charge is -2.36. The highest BCUT2D eigenvalue weighted by molar-refractivity contribution is 5.29. The summed E-state index contributed by atoms with van der Waals surface area (Å²) in [5, 5.41) is 0. The fraction of sp³-hybridized carbons (Fsp3) is 0.700. The lowest BCUT2D eigenvalue weighted by atomic mass is 9.91. The van der Waals surface area contributed by atoms with E-state index in [1.807, 2.05) is 0 Å². The standard InChI is InChI=1S/C20H34O2/c1-17(2,3)21-19(7,8)15-11-13-16(14-12-15)20(9,10)22-18(4,5)6/h11-14H,1-10H3. The Labute approximate surface area is 137 Å². The lowest BCUT2D eigenvalue weighted by Crippen LogP contribution is -2.34. The Bertz CT molecular complexity index is 435. The zero-order valence-electron chi connectivity index (χ0n) is 16.1. The van der Waals surface area contributed by atoms with Crippen molar-refractivity contribution in [3.8, 4) is 0 Å². The maximum atomic E-state index is 6.19. The number of rotatable bonds is 4. The molecular formula is C20H34O2. The van der Waals surface area contributed by atoms with Gasteiger partial charge in [-0.3, -0.25) is 0 Å². The summed E-state index contributed by atoms with van der Waals surface area (Å²) in [6.07, 6.45) is 0. The van der Waals surface area contributed by atoms with Gasteiger partial charge in [0.25, 0.3) is 0 Å². The van der Waals surface area contributed by atoms with Gasteiger partial charge >= 0.3 is 0 Å². The molecule has 0 heterocycles. The van der Waals surface area contributed by atoms with E-state index in [1.54, 1.807) is 0 Å². The molecule has 0 radical (unpaired) electrons. The fourth-order valence-corrected chi connectivity index (χ4v) is 2.92. The molecule has 0 bridgehead atoms. The van der Waals surface area contributed by atoms with Gasteiger partial charge in [0, 0.05) is 0 Å². The SMILES string of the molecule is CC(C)(C)OC(C)(C)c1ccc(C(C)(C)OC(C)(C)C)cc1. The van der Waals surface area contributed by atoms with Gasteiger partial charge in [-0.15, -0.1) is 0 Å². The molecule has 22 heavy (non-hydrogen) atoms. The summed E-state index contributed by atoms with van der Waals surface area (Å²) in [5.41, 5.74) is 1.39. The summed E-state index contributed by atoms with van der Waals surface area (Å²) in [4.78, 5) is 0. The van der Waals surface area contributed by atoms with E-state index >= 15 is 0 Å². The monoisotopic (exact) mass is 306 g/mol. The second-order valence-corrected chi connectivity index (χ2v) is 9.03. The molecule has 0 aliphatic heterocycles. The van der Waals surface area contributed by atoms with E-state index in [0.717, 1.165) is 0 Å². The van der Waals surface area contributed by atoms with E-state index in [-0.39, 0.29) is 22.4 Å². The topological polar surface area (TPSA) is 18.5 Å². The van der Waals surface area contributed by atoms with Crippen LogP contribution in [-0.4, -0.2) is 11.2 Å². The molecule has 126 valence electrons. The molecule has 1 aromatic carbocycles. The minimum Gasteiger partial charge on any atom is -0.365 e. The van der Waals surface area contributed by atoms with Crippen molar-refractivity contribution < 1.29 is 9.47 Å². The Hall–Kier alpha value is -0.860. The van der Waals surface area contributed by atoms with Crippen LogP contribution in [0.4, 0.5) is 0 Å². The largest absolute Gasteiger partial charge is 0.365 e. The first-order valence-corrected chi connectivity index (χ1v) is 8.14. The van der Waals surface area contributed by atoms with Crippen LogP contribution in [0.2, 0.25) is 0 Å². The van der Waals surface area contributed by atoms with Crippen LogP contribution in [0.3, 0.4) is 0 Å². The van der Waals surface area contributed by atoms with Crippen molar-refractivity contribution in [2.45, 2.75) is 91.6 Å². The zero-order chi connectivity index (χ0) is 17.4. The van der Waals surface area contributed by atoms with Crippen LogP contribution < -0.4 is 0 Å².